The van der Waals surface area contributed by atoms with Crippen LogP contribution in [0.4, 0.5) is 0 Å². The Bertz CT molecular complexity index is 1180. The van der Waals surface area contributed by atoms with Crippen LogP contribution in [0.2, 0.25) is 0 Å². The maximum Gasteiger partial charge on any atom is 0.305 e. The number of hydrogen-bond donors (Lipinski definition) is 3. The minimum Gasteiger partial charge on any atom is -0.466 e. The minimum absolute atomic E-state index is 0.0238. The first kappa shape index (κ1) is 76.6. The van der Waals surface area contributed by atoms with Crippen LogP contribution in [0.25, 0.3) is 0 Å². The Balaban J connectivity index is 3.32. The third-order valence-electron chi connectivity index (χ3n) is 17.1. The fourth-order valence-electron chi connectivity index (χ4n) is 11.6. The van der Waals surface area contributed by atoms with Gasteiger partial charge in [-0.1, -0.05) is 379 Å². The van der Waals surface area contributed by atoms with Crippen molar-refractivity contribution >= 4 is 11.9 Å². The van der Waals surface area contributed by atoms with Crippen molar-refractivity contribution in [3.63, 3.8) is 0 Å². The Morgan fingerprint density at radius 2 is 0.590 bits per heavy atom. The van der Waals surface area contributed by atoms with Crippen molar-refractivity contribution < 1.29 is 24.5 Å². The number of allylic oxidation sites excluding steroid dienone is 1. The molecule has 464 valence electrons. The molecule has 0 aliphatic carbocycles. The van der Waals surface area contributed by atoms with Crippen LogP contribution in [-0.4, -0.2) is 47.4 Å². The number of ether oxygens (including phenoxy) is 1. The van der Waals surface area contributed by atoms with E-state index in [1.54, 1.807) is 6.08 Å². The van der Waals surface area contributed by atoms with E-state index >= 15 is 0 Å². The summed E-state index contributed by atoms with van der Waals surface area (Å²) in [6, 6.07) is -0.623. The fourth-order valence-corrected chi connectivity index (χ4v) is 11.6. The smallest absolute Gasteiger partial charge is 0.305 e. The van der Waals surface area contributed by atoms with E-state index in [-0.39, 0.29) is 18.5 Å². The first-order chi connectivity index (χ1) is 38.5. The highest BCUT2D eigenvalue weighted by atomic mass is 16.5. The van der Waals surface area contributed by atoms with Gasteiger partial charge in [0.2, 0.25) is 5.91 Å². The summed E-state index contributed by atoms with van der Waals surface area (Å²) in [5.74, 6) is -0.0363. The normalized spacial score (nSPS) is 12.5. The number of carbonyl (C=O) groups is 2. The number of amides is 1. The van der Waals surface area contributed by atoms with Gasteiger partial charge in [0.15, 0.2) is 0 Å². The maximum atomic E-state index is 12.5. The molecule has 0 aromatic heterocycles. The lowest BCUT2D eigenvalue weighted by Crippen LogP contribution is -2.45. The van der Waals surface area contributed by atoms with Crippen molar-refractivity contribution in [2.45, 2.75) is 424 Å². The molecule has 0 saturated heterocycles. The highest BCUT2D eigenvalue weighted by Crippen LogP contribution is 2.19. The van der Waals surface area contributed by atoms with E-state index in [9.17, 15) is 19.8 Å². The summed E-state index contributed by atoms with van der Waals surface area (Å²) in [4.78, 5) is 24.5. The van der Waals surface area contributed by atoms with Gasteiger partial charge in [0.05, 0.1) is 25.4 Å². The van der Waals surface area contributed by atoms with Crippen LogP contribution < -0.4 is 5.32 Å². The zero-order valence-electron chi connectivity index (χ0n) is 53.2. The highest BCUT2D eigenvalue weighted by molar-refractivity contribution is 5.76. The molecule has 0 aromatic carbocycles. The molecule has 2 unspecified atom stereocenters. The number of unbranched alkanes of at least 4 members (excludes halogenated alkanes) is 57. The van der Waals surface area contributed by atoms with E-state index < -0.39 is 12.1 Å². The molecular formula is C72H141NO5. The molecule has 0 aliphatic heterocycles. The van der Waals surface area contributed by atoms with Crippen molar-refractivity contribution in [2.75, 3.05) is 13.2 Å². The Hall–Kier alpha value is -1.40. The van der Waals surface area contributed by atoms with Crippen molar-refractivity contribution in [3.8, 4) is 0 Å². The zero-order chi connectivity index (χ0) is 56.4. The highest BCUT2D eigenvalue weighted by Gasteiger charge is 2.18. The molecule has 0 radical (unpaired) electrons. The first-order valence-electron chi connectivity index (χ1n) is 36.0. The van der Waals surface area contributed by atoms with Crippen molar-refractivity contribution in [3.05, 3.63) is 12.2 Å². The number of aliphatic hydroxyl groups is 2. The van der Waals surface area contributed by atoms with Crippen LogP contribution >= 0.6 is 0 Å². The van der Waals surface area contributed by atoms with Crippen LogP contribution in [0.5, 0.6) is 0 Å². The van der Waals surface area contributed by atoms with Gasteiger partial charge >= 0.3 is 5.97 Å². The van der Waals surface area contributed by atoms with Gasteiger partial charge in [0, 0.05) is 12.8 Å². The van der Waals surface area contributed by atoms with E-state index in [0.717, 1.165) is 38.5 Å². The summed E-state index contributed by atoms with van der Waals surface area (Å²) in [6.45, 7) is 4.95. The lowest BCUT2D eigenvalue weighted by Gasteiger charge is -2.20. The Morgan fingerprint density at radius 1 is 0.346 bits per heavy atom. The molecule has 0 fully saturated rings. The SMILES string of the molecule is CCCCCCCCCCCCCCC/C=C/C(O)C(CO)NC(=O)CCCCCCCCCCCCCCCCCCCCCCCCCCCCCCCCCCCOC(=O)CCCCCCCCCCCCCCC. The second-order valence-electron chi connectivity index (χ2n) is 24.9. The largest absolute Gasteiger partial charge is 0.466 e. The number of carbonyl (C=O) groups excluding carboxylic acids is 2. The van der Waals surface area contributed by atoms with Gasteiger partial charge < -0.3 is 20.3 Å². The zero-order valence-corrected chi connectivity index (χ0v) is 53.2. The molecule has 1 amide bonds. The average Bonchev–Trinajstić information content (AvgIpc) is 3.44. The molecule has 3 N–H and O–H groups in total. The van der Waals surface area contributed by atoms with Crippen LogP contribution in [0, 0.1) is 0 Å². The molecule has 0 aromatic rings. The van der Waals surface area contributed by atoms with E-state index in [0.29, 0.717) is 19.4 Å². The summed E-state index contributed by atoms with van der Waals surface area (Å²) in [5, 5.41) is 23.2. The molecular weight excluding hydrogens is 959 g/mol. The van der Waals surface area contributed by atoms with Gasteiger partial charge in [0.1, 0.15) is 0 Å². The second kappa shape index (κ2) is 68.1. The molecule has 6 heteroatoms. The van der Waals surface area contributed by atoms with Gasteiger partial charge in [0.25, 0.3) is 0 Å². The molecule has 78 heavy (non-hydrogen) atoms. The molecule has 2 atom stereocenters. The molecule has 0 saturated carbocycles. The summed E-state index contributed by atoms with van der Waals surface area (Å²) < 4.78 is 5.49. The number of hydrogen-bond acceptors (Lipinski definition) is 5. The first-order valence-corrected chi connectivity index (χ1v) is 36.0. The van der Waals surface area contributed by atoms with E-state index in [4.69, 9.17) is 4.74 Å². The molecule has 0 rings (SSSR count). The Labute approximate surface area is 489 Å². The lowest BCUT2D eigenvalue weighted by molar-refractivity contribution is -0.143. The van der Waals surface area contributed by atoms with Gasteiger partial charge in [-0.2, -0.15) is 0 Å². The van der Waals surface area contributed by atoms with Crippen LogP contribution in [-0.2, 0) is 14.3 Å². The number of nitrogens with one attached hydrogen (secondary N) is 1. The Morgan fingerprint density at radius 3 is 0.872 bits per heavy atom. The Kier molecular flexibility index (Phi) is 66.9. The second-order valence-corrected chi connectivity index (χ2v) is 24.9. The van der Waals surface area contributed by atoms with Gasteiger partial charge in [-0.3, -0.25) is 9.59 Å². The van der Waals surface area contributed by atoms with E-state index in [2.05, 4.69) is 19.2 Å². The number of aliphatic hydroxyl groups excluding tert-OH is 2. The quantitative estimate of drug-likeness (QED) is 0.0320. The van der Waals surface area contributed by atoms with Gasteiger partial charge in [-0.15, -0.1) is 0 Å². The summed E-state index contributed by atoms with van der Waals surface area (Å²) in [6.07, 6.45) is 84.5. The van der Waals surface area contributed by atoms with Crippen molar-refractivity contribution in [2.24, 2.45) is 0 Å². The van der Waals surface area contributed by atoms with Crippen molar-refractivity contribution in [1.82, 2.24) is 5.32 Å². The summed E-state index contributed by atoms with van der Waals surface area (Å²) in [7, 11) is 0. The molecule has 6 nitrogen and oxygen atoms in total. The third kappa shape index (κ3) is 63.8. The molecule has 0 heterocycles. The number of rotatable bonds is 68. The van der Waals surface area contributed by atoms with E-state index in [1.807, 2.05) is 6.08 Å². The maximum absolute atomic E-state index is 12.5. The predicted molar refractivity (Wildman–Crippen MR) is 343 cm³/mol. The standard InChI is InChI=1S/C72H141NO5/c1-3-5-7-9-11-13-15-17-37-41-44-48-52-56-60-64-70(75)69(68-74)73-71(76)65-61-57-53-49-45-42-38-35-33-31-29-27-25-23-21-19-18-20-22-24-26-28-30-32-34-36-39-43-47-51-55-59-63-67-78-72(77)66-62-58-54-50-46-40-16-14-12-10-8-6-4-2/h60,64,69-70,74-75H,3-59,61-63,65-68H2,1-2H3,(H,73,76)/b64-60+. The molecule has 0 spiro atoms. The number of esters is 1. The molecule has 0 bridgehead atoms. The topological polar surface area (TPSA) is 95.9 Å². The summed E-state index contributed by atoms with van der Waals surface area (Å²) >= 11 is 0. The fraction of sp³-hybridized carbons (Fsp3) is 0.944. The van der Waals surface area contributed by atoms with Crippen LogP contribution in [0.15, 0.2) is 12.2 Å². The predicted octanol–water partition coefficient (Wildman–Crippen LogP) is 23.1. The monoisotopic (exact) mass is 1100 g/mol. The third-order valence-corrected chi connectivity index (χ3v) is 17.1. The van der Waals surface area contributed by atoms with Gasteiger partial charge in [-0.05, 0) is 32.1 Å². The average molecular weight is 1100 g/mol. The summed E-state index contributed by atoms with van der Waals surface area (Å²) in [5.41, 5.74) is 0. The van der Waals surface area contributed by atoms with Crippen LogP contribution in [0.1, 0.15) is 412 Å². The lowest BCUT2D eigenvalue weighted by atomic mass is 10.0. The van der Waals surface area contributed by atoms with Crippen LogP contribution in [0.3, 0.4) is 0 Å². The van der Waals surface area contributed by atoms with Crippen molar-refractivity contribution in [1.29, 1.82) is 0 Å². The van der Waals surface area contributed by atoms with E-state index in [1.165, 1.54) is 347 Å². The van der Waals surface area contributed by atoms with Gasteiger partial charge in [-0.25, -0.2) is 0 Å². The minimum atomic E-state index is -0.840. The molecule has 0 aliphatic rings.